The number of hydrogen-bond donors (Lipinski definition) is 0. The van der Waals surface area contributed by atoms with E-state index in [1.807, 2.05) is 24.3 Å². The first-order valence-electron chi connectivity index (χ1n) is 9.65. The van der Waals surface area contributed by atoms with E-state index in [-0.39, 0.29) is 35.7 Å². The van der Waals surface area contributed by atoms with Gasteiger partial charge >= 0.3 is 29.6 Å². The maximum atomic E-state index is 11.5. The van der Waals surface area contributed by atoms with Crippen molar-refractivity contribution in [1.82, 2.24) is 0 Å². The van der Waals surface area contributed by atoms with Gasteiger partial charge in [-0.15, -0.1) is 0 Å². The molecule has 0 atom stereocenters. The number of carbonyl (C=O) groups excluding carboxylic acids is 1. The SMILES string of the molecule is O=C([O-])c1cccc2c1CCCN2Cc1cc(Cl)ccc1OC1CCCC1.[Na+]. The summed E-state index contributed by atoms with van der Waals surface area (Å²) in [7, 11) is 0. The Morgan fingerprint density at radius 2 is 1.96 bits per heavy atom. The molecule has 4 rings (SSSR count). The number of ether oxygens (including phenoxy) is 1. The van der Waals surface area contributed by atoms with Gasteiger partial charge in [0.1, 0.15) is 5.75 Å². The Morgan fingerprint density at radius 1 is 1.18 bits per heavy atom. The molecule has 1 saturated carbocycles. The van der Waals surface area contributed by atoms with Crippen molar-refractivity contribution in [2.45, 2.75) is 51.2 Å². The molecule has 0 aromatic heterocycles. The molecule has 0 amide bonds. The van der Waals surface area contributed by atoms with Gasteiger partial charge in [-0.3, -0.25) is 0 Å². The molecule has 0 radical (unpaired) electrons. The van der Waals surface area contributed by atoms with Gasteiger partial charge in [-0.1, -0.05) is 23.7 Å². The van der Waals surface area contributed by atoms with Gasteiger partial charge in [0.25, 0.3) is 0 Å². The average molecular weight is 408 g/mol. The molecule has 2 aliphatic rings. The van der Waals surface area contributed by atoms with Crippen LogP contribution in [0.5, 0.6) is 5.75 Å². The smallest absolute Gasteiger partial charge is 0.545 e. The van der Waals surface area contributed by atoms with Gasteiger partial charge in [-0.25, -0.2) is 0 Å². The number of carboxylic acid groups (broad SMARTS) is 1. The molecule has 1 aliphatic carbocycles. The Kier molecular flexibility index (Phi) is 7.32. The normalized spacial score (nSPS) is 16.4. The molecular formula is C22H23ClNNaO3. The average Bonchev–Trinajstić information content (AvgIpc) is 3.17. The fourth-order valence-electron chi connectivity index (χ4n) is 4.23. The topological polar surface area (TPSA) is 52.6 Å². The zero-order valence-corrected chi connectivity index (χ0v) is 19.0. The summed E-state index contributed by atoms with van der Waals surface area (Å²) in [5.41, 5.74) is 3.17. The molecular weight excluding hydrogens is 385 g/mol. The van der Waals surface area contributed by atoms with Gasteiger partial charge in [0.2, 0.25) is 0 Å². The molecule has 2 aromatic rings. The number of anilines is 1. The number of benzene rings is 2. The summed E-state index contributed by atoms with van der Waals surface area (Å²) >= 11 is 6.26. The van der Waals surface area contributed by atoms with Crippen LogP contribution in [0, 0.1) is 0 Å². The van der Waals surface area contributed by atoms with Crippen LogP contribution in [0.25, 0.3) is 0 Å². The molecule has 6 heteroatoms. The van der Waals surface area contributed by atoms with Crippen molar-refractivity contribution in [2.24, 2.45) is 0 Å². The van der Waals surface area contributed by atoms with Crippen LogP contribution in [0.4, 0.5) is 5.69 Å². The molecule has 0 bridgehead atoms. The van der Waals surface area contributed by atoms with E-state index in [1.165, 1.54) is 12.8 Å². The Hall–Kier alpha value is -1.20. The minimum Gasteiger partial charge on any atom is -0.545 e. The Morgan fingerprint density at radius 3 is 2.71 bits per heavy atom. The molecule has 142 valence electrons. The van der Waals surface area contributed by atoms with Crippen molar-refractivity contribution < 1.29 is 44.2 Å². The minimum atomic E-state index is -1.11. The Balaban J connectivity index is 0.00000225. The molecule has 1 aliphatic heterocycles. The van der Waals surface area contributed by atoms with Crippen LogP contribution in [0.1, 0.15) is 53.6 Å². The van der Waals surface area contributed by atoms with Crippen LogP contribution in [0.3, 0.4) is 0 Å². The van der Waals surface area contributed by atoms with E-state index >= 15 is 0 Å². The third-order valence-electron chi connectivity index (χ3n) is 5.55. The summed E-state index contributed by atoms with van der Waals surface area (Å²) in [6.07, 6.45) is 6.60. The first-order valence-corrected chi connectivity index (χ1v) is 10.0. The maximum Gasteiger partial charge on any atom is 1.00 e. The molecule has 1 heterocycles. The monoisotopic (exact) mass is 407 g/mol. The van der Waals surface area contributed by atoms with Gasteiger partial charge in [0.05, 0.1) is 12.1 Å². The van der Waals surface area contributed by atoms with Crippen molar-refractivity contribution >= 4 is 23.3 Å². The minimum absolute atomic E-state index is 0. The van der Waals surface area contributed by atoms with Crippen molar-refractivity contribution in [3.05, 3.63) is 58.1 Å². The fourth-order valence-corrected chi connectivity index (χ4v) is 4.43. The number of halogens is 1. The van der Waals surface area contributed by atoms with Crippen molar-refractivity contribution in [1.29, 1.82) is 0 Å². The zero-order chi connectivity index (χ0) is 18.8. The van der Waals surface area contributed by atoms with Crippen LogP contribution < -0.4 is 44.3 Å². The van der Waals surface area contributed by atoms with Gasteiger partial charge < -0.3 is 19.5 Å². The Labute approximate surface area is 193 Å². The summed E-state index contributed by atoms with van der Waals surface area (Å²) in [5, 5.41) is 12.1. The number of fused-ring (bicyclic) bond motifs is 1. The third-order valence-corrected chi connectivity index (χ3v) is 5.78. The predicted octanol–water partition coefficient (Wildman–Crippen LogP) is 0.982. The molecule has 1 fully saturated rings. The van der Waals surface area contributed by atoms with E-state index < -0.39 is 5.97 Å². The van der Waals surface area contributed by atoms with Crippen LogP contribution in [0.15, 0.2) is 36.4 Å². The summed E-state index contributed by atoms with van der Waals surface area (Å²) in [5.74, 6) is -0.226. The molecule has 4 nitrogen and oxygen atoms in total. The number of nitrogens with zero attached hydrogens (tertiary/aromatic N) is 1. The van der Waals surface area contributed by atoms with E-state index in [9.17, 15) is 9.90 Å². The van der Waals surface area contributed by atoms with Gasteiger partial charge in [-0.2, -0.15) is 0 Å². The molecule has 0 spiro atoms. The maximum absolute atomic E-state index is 11.5. The zero-order valence-electron chi connectivity index (χ0n) is 16.2. The molecule has 0 N–H and O–H groups in total. The summed E-state index contributed by atoms with van der Waals surface area (Å²) in [6, 6.07) is 11.2. The molecule has 0 unspecified atom stereocenters. The summed E-state index contributed by atoms with van der Waals surface area (Å²) < 4.78 is 6.26. The number of carbonyl (C=O) groups is 1. The van der Waals surface area contributed by atoms with E-state index in [0.29, 0.717) is 17.1 Å². The van der Waals surface area contributed by atoms with Crippen LogP contribution in [-0.4, -0.2) is 18.6 Å². The van der Waals surface area contributed by atoms with Crippen LogP contribution >= 0.6 is 11.6 Å². The third kappa shape index (κ3) is 4.68. The standard InChI is InChI=1S/C22H24ClNO3.Na/c23-16-10-11-21(27-17-5-1-2-6-17)15(13-16)14-24-12-4-8-18-19(22(25)26)7-3-9-20(18)24;/h3,7,9-11,13,17H,1-2,4-6,8,12,14H2,(H,25,26);/q;+1/p-1. The number of hydrogen-bond acceptors (Lipinski definition) is 4. The van der Waals surface area contributed by atoms with Gasteiger partial charge in [-0.05, 0) is 68.4 Å². The first-order chi connectivity index (χ1) is 13.1. The van der Waals surface area contributed by atoms with Crippen molar-refractivity contribution in [3.63, 3.8) is 0 Å². The fraction of sp³-hybridized carbons (Fsp3) is 0.409. The van der Waals surface area contributed by atoms with Gasteiger partial charge in [0, 0.05) is 34.9 Å². The summed E-state index contributed by atoms with van der Waals surface area (Å²) in [4.78, 5) is 13.7. The van der Waals surface area contributed by atoms with Crippen LogP contribution in [-0.2, 0) is 13.0 Å². The number of rotatable bonds is 5. The van der Waals surface area contributed by atoms with E-state index in [2.05, 4.69) is 4.90 Å². The largest absolute Gasteiger partial charge is 1.00 e. The first kappa shape index (κ1) is 21.5. The molecule has 2 aromatic carbocycles. The number of carboxylic acids is 1. The van der Waals surface area contributed by atoms with E-state index in [1.54, 1.807) is 12.1 Å². The molecule has 28 heavy (non-hydrogen) atoms. The quantitative estimate of drug-likeness (QED) is 0.693. The van der Waals surface area contributed by atoms with E-state index in [0.717, 1.165) is 54.8 Å². The van der Waals surface area contributed by atoms with Crippen molar-refractivity contribution in [3.8, 4) is 5.75 Å². The summed E-state index contributed by atoms with van der Waals surface area (Å²) in [6.45, 7) is 1.52. The second-order valence-electron chi connectivity index (χ2n) is 7.39. The second-order valence-corrected chi connectivity index (χ2v) is 7.83. The Bertz CT molecular complexity index is 852. The predicted molar refractivity (Wildman–Crippen MR) is 104 cm³/mol. The molecule has 0 saturated heterocycles. The van der Waals surface area contributed by atoms with E-state index in [4.69, 9.17) is 16.3 Å². The van der Waals surface area contributed by atoms with Gasteiger partial charge in [0.15, 0.2) is 0 Å². The second kappa shape index (κ2) is 9.53. The van der Waals surface area contributed by atoms with Crippen LogP contribution in [0.2, 0.25) is 5.02 Å². The van der Waals surface area contributed by atoms with Crippen molar-refractivity contribution in [2.75, 3.05) is 11.4 Å². The number of aromatic carboxylic acids is 1.